The first-order valence-corrected chi connectivity index (χ1v) is 3.25. The van der Waals surface area contributed by atoms with E-state index in [-0.39, 0.29) is 19.1 Å². The molecule has 0 aromatic carbocycles. The highest BCUT2D eigenvalue weighted by Crippen LogP contribution is 2.18. The van der Waals surface area contributed by atoms with E-state index in [9.17, 15) is 4.79 Å². The van der Waals surface area contributed by atoms with E-state index in [1.807, 2.05) is 0 Å². The first-order valence-electron chi connectivity index (χ1n) is 3.25. The Morgan fingerprint density at radius 2 is 2.10 bits per heavy atom. The fourth-order valence-electron chi connectivity index (χ4n) is 1.06. The summed E-state index contributed by atoms with van der Waals surface area (Å²) in [6.07, 6.45) is 0.931. The zero-order valence-corrected chi connectivity index (χ0v) is 5.63. The number of hydrogen-bond donors (Lipinski definition) is 3. The molecule has 1 fully saturated rings. The van der Waals surface area contributed by atoms with Crippen LogP contribution in [-0.2, 0) is 4.79 Å². The van der Waals surface area contributed by atoms with Gasteiger partial charge in [-0.2, -0.15) is 0 Å². The minimum Gasteiger partial charge on any atom is -0.394 e. The molecule has 4 nitrogen and oxygen atoms in total. The molecule has 58 valence electrons. The number of aliphatic hydroxyl groups excluding tert-OH is 2. The maximum atomic E-state index is 10.6. The third-order valence-corrected chi connectivity index (χ3v) is 1.84. The molecule has 0 atom stereocenters. The van der Waals surface area contributed by atoms with E-state index >= 15 is 0 Å². The van der Waals surface area contributed by atoms with Crippen molar-refractivity contribution in [2.75, 3.05) is 13.2 Å². The van der Waals surface area contributed by atoms with Crippen LogP contribution in [0, 0.1) is 0 Å². The van der Waals surface area contributed by atoms with Crippen LogP contribution in [0.1, 0.15) is 12.8 Å². The Morgan fingerprint density at radius 3 is 2.30 bits per heavy atom. The summed E-state index contributed by atoms with van der Waals surface area (Å²) in [4.78, 5) is 10.6. The maximum absolute atomic E-state index is 10.6. The first-order chi connectivity index (χ1) is 4.72. The summed E-state index contributed by atoms with van der Waals surface area (Å²) in [5.74, 6) is -0.0944. The second-order valence-electron chi connectivity index (χ2n) is 2.64. The van der Waals surface area contributed by atoms with Crippen molar-refractivity contribution < 1.29 is 15.0 Å². The van der Waals surface area contributed by atoms with E-state index in [4.69, 9.17) is 10.2 Å². The molecule has 10 heavy (non-hydrogen) atoms. The van der Waals surface area contributed by atoms with E-state index in [1.54, 1.807) is 0 Å². The Hall–Kier alpha value is -0.610. The molecule has 0 aliphatic carbocycles. The highest BCUT2D eigenvalue weighted by atomic mass is 16.3. The van der Waals surface area contributed by atoms with Gasteiger partial charge in [0, 0.05) is 6.42 Å². The van der Waals surface area contributed by atoms with E-state index in [2.05, 4.69) is 5.32 Å². The molecule has 0 unspecified atom stereocenters. The maximum Gasteiger partial charge on any atom is 0.220 e. The molecule has 4 heteroatoms. The Balaban J connectivity index is 2.59. The van der Waals surface area contributed by atoms with Gasteiger partial charge in [-0.15, -0.1) is 0 Å². The number of hydrogen-bond acceptors (Lipinski definition) is 3. The molecule has 1 saturated heterocycles. The summed E-state index contributed by atoms with van der Waals surface area (Å²) in [7, 11) is 0. The Labute approximate surface area is 58.9 Å². The van der Waals surface area contributed by atoms with Gasteiger partial charge in [0.2, 0.25) is 5.91 Å². The van der Waals surface area contributed by atoms with Gasteiger partial charge in [-0.25, -0.2) is 0 Å². The highest BCUT2D eigenvalue weighted by Gasteiger charge is 2.36. The smallest absolute Gasteiger partial charge is 0.220 e. The van der Waals surface area contributed by atoms with Crippen molar-refractivity contribution in [2.45, 2.75) is 18.4 Å². The zero-order chi connectivity index (χ0) is 7.61. The lowest BCUT2D eigenvalue weighted by molar-refractivity contribution is -0.120. The molecule has 0 spiro atoms. The molecule has 1 aliphatic heterocycles. The fraction of sp³-hybridized carbons (Fsp3) is 0.833. The van der Waals surface area contributed by atoms with Gasteiger partial charge >= 0.3 is 0 Å². The lowest BCUT2D eigenvalue weighted by atomic mass is 10.0. The van der Waals surface area contributed by atoms with Gasteiger partial charge in [0.15, 0.2) is 0 Å². The molecule has 0 radical (unpaired) electrons. The third kappa shape index (κ3) is 1.12. The summed E-state index contributed by atoms with van der Waals surface area (Å²) < 4.78 is 0. The SMILES string of the molecule is O=C1CCC(CO)(CO)N1. The zero-order valence-electron chi connectivity index (χ0n) is 5.63. The molecule has 3 N–H and O–H groups in total. The predicted octanol–water partition coefficient (Wildman–Crippen LogP) is -1.38. The van der Waals surface area contributed by atoms with Gasteiger partial charge in [-0.05, 0) is 6.42 Å². The number of rotatable bonds is 2. The normalized spacial score (nSPS) is 22.8. The molecule has 1 amide bonds. The van der Waals surface area contributed by atoms with Crippen LogP contribution in [0.2, 0.25) is 0 Å². The minimum absolute atomic E-state index is 0.0944. The molecular weight excluding hydrogens is 134 g/mol. The largest absolute Gasteiger partial charge is 0.394 e. The summed E-state index contributed by atoms with van der Waals surface area (Å²) in [6, 6.07) is 0. The van der Waals surface area contributed by atoms with Gasteiger partial charge in [0.05, 0.1) is 18.8 Å². The lowest BCUT2D eigenvalue weighted by Gasteiger charge is -2.23. The van der Waals surface area contributed by atoms with Crippen LogP contribution in [-0.4, -0.2) is 34.9 Å². The van der Waals surface area contributed by atoms with Crippen molar-refractivity contribution >= 4 is 5.91 Å². The molecule has 0 bridgehead atoms. The number of carbonyl (C=O) groups excluding carboxylic acids is 1. The number of aliphatic hydroxyl groups is 2. The topological polar surface area (TPSA) is 69.6 Å². The average Bonchev–Trinajstić information content (AvgIpc) is 2.33. The van der Waals surface area contributed by atoms with Crippen LogP contribution in [0.5, 0.6) is 0 Å². The van der Waals surface area contributed by atoms with Crippen molar-refractivity contribution in [2.24, 2.45) is 0 Å². The lowest BCUT2D eigenvalue weighted by Crippen LogP contribution is -2.48. The third-order valence-electron chi connectivity index (χ3n) is 1.84. The van der Waals surface area contributed by atoms with Gasteiger partial charge in [-0.1, -0.05) is 0 Å². The molecule has 1 aliphatic rings. The monoisotopic (exact) mass is 145 g/mol. The first kappa shape index (κ1) is 7.50. The number of amides is 1. The van der Waals surface area contributed by atoms with Gasteiger partial charge in [0.1, 0.15) is 0 Å². The van der Waals surface area contributed by atoms with Crippen molar-refractivity contribution in [1.29, 1.82) is 0 Å². The van der Waals surface area contributed by atoms with Gasteiger partial charge in [-0.3, -0.25) is 4.79 Å². The van der Waals surface area contributed by atoms with Crippen LogP contribution < -0.4 is 5.32 Å². The molecule has 1 heterocycles. The Kier molecular flexibility index (Phi) is 1.92. The van der Waals surface area contributed by atoms with Crippen LogP contribution >= 0.6 is 0 Å². The van der Waals surface area contributed by atoms with Crippen molar-refractivity contribution in [3.05, 3.63) is 0 Å². The Bertz CT molecular complexity index is 142. The predicted molar refractivity (Wildman–Crippen MR) is 34.3 cm³/mol. The molecule has 0 aromatic heterocycles. The van der Waals surface area contributed by atoms with Crippen LogP contribution in [0.25, 0.3) is 0 Å². The average molecular weight is 145 g/mol. The summed E-state index contributed by atoms with van der Waals surface area (Å²) in [6.45, 7) is -0.371. The van der Waals surface area contributed by atoms with E-state index in [0.29, 0.717) is 12.8 Å². The molecule has 0 saturated carbocycles. The van der Waals surface area contributed by atoms with Crippen molar-refractivity contribution in [1.82, 2.24) is 5.32 Å². The van der Waals surface area contributed by atoms with Crippen molar-refractivity contribution in [3.63, 3.8) is 0 Å². The fourth-order valence-corrected chi connectivity index (χ4v) is 1.06. The summed E-state index contributed by atoms with van der Waals surface area (Å²) in [5, 5.41) is 20.0. The van der Waals surface area contributed by atoms with E-state index < -0.39 is 5.54 Å². The van der Waals surface area contributed by atoms with E-state index in [0.717, 1.165) is 0 Å². The van der Waals surface area contributed by atoms with Crippen LogP contribution in [0.4, 0.5) is 0 Å². The van der Waals surface area contributed by atoms with E-state index in [1.165, 1.54) is 0 Å². The summed E-state index contributed by atoms with van der Waals surface area (Å²) in [5.41, 5.74) is -0.739. The molecule has 1 rings (SSSR count). The second kappa shape index (κ2) is 2.56. The highest BCUT2D eigenvalue weighted by molar-refractivity contribution is 5.79. The quantitative estimate of drug-likeness (QED) is 0.448. The van der Waals surface area contributed by atoms with Crippen LogP contribution in [0.3, 0.4) is 0 Å². The van der Waals surface area contributed by atoms with Gasteiger partial charge < -0.3 is 15.5 Å². The number of carbonyl (C=O) groups is 1. The Morgan fingerprint density at radius 1 is 1.50 bits per heavy atom. The second-order valence-corrected chi connectivity index (χ2v) is 2.64. The molecule has 0 aromatic rings. The minimum atomic E-state index is -0.739. The molecular formula is C6H11NO3. The summed E-state index contributed by atoms with van der Waals surface area (Å²) >= 11 is 0. The standard InChI is InChI=1S/C6H11NO3/c8-3-6(4-9)2-1-5(10)7-6/h8-9H,1-4H2,(H,7,10). The van der Waals surface area contributed by atoms with Gasteiger partial charge in [0.25, 0.3) is 0 Å². The van der Waals surface area contributed by atoms with Crippen LogP contribution in [0.15, 0.2) is 0 Å². The van der Waals surface area contributed by atoms with Crippen molar-refractivity contribution in [3.8, 4) is 0 Å². The number of nitrogens with one attached hydrogen (secondary N) is 1.